The quantitative estimate of drug-likeness (QED) is 0.571. The molecular formula is C12H24. The van der Waals surface area contributed by atoms with Crippen LogP contribution >= 0.6 is 0 Å². The first-order valence-corrected chi connectivity index (χ1v) is 5.72. The van der Waals surface area contributed by atoms with Crippen molar-refractivity contribution in [2.45, 2.75) is 65.7 Å². The third-order valence-electron chi connectivity index (χ3n) is 4.03. The van der Waals surface area contributed by atoms with E-state index in [9.17, 15) is 0 Å². The van der Waals surface area contributed by atoms with Gasteiger partial charge in [0, 0.05) is 0 Å². The van der Waals surface area contributed by atoms with Crippen LogP contribution in [0.1, 0.15) is 65.7 Å². The molecule has 0 aromatic carbocycles. The standard InChI is InChI=1S/C12H24/c1-4-11(3)7-10-12(5-2)8-6-9-12/h11H,4-10H2,1-3H3. The van der Waals surface area contributed by atoms with E-state index in [1.54, 1.807) is 0 Å². The van der Waals surface area contributed by atoms with Crippen molar-refractivity contribution < 1.29 is 0 Å². The Bertz CT molecular complexity index is 116. The lowest BCUT2D eigenvalue weighted by Crippen LogP contribution is -2.28. The second kappa shape index (κ2) is 4.30. The van der Waals surface area contributed by atoms with Crippen molar-refractivity contribution in [3.63, 3.8) is 0 Å². The topological polar surface area (TPSA) is 0 Å². The molecule has 0 spiro atoms. The molecule has 1 aliphatic rings. The van der Waals surface area contributed by atoms with Crippen LogP contribution < -0.4 is 0 Å². The average molecular weight is 168 g/mol. The van der Waals surface area contributed by atoms with Crippen LogP contribution in [0.25, 0.3) is 0 Å². The van der Waals surface area contributed by atoms with Gasteiger partial charge < -0.3 is 0 Å². The number of hydrogen-bond donors (Lipinski definition) is 0. The normalized spacial score (nSPS) is 23.2. The summed E-state index contributed by atoms with van der Waals surface area (Å²) in [4.78, 5) is 0. The van der Waals surface area contributed by atoms with Crippen molar-refractivity contribution in [1.29, 1.82) is 0 Å². The van der Waals surface area contributed by atoms with Gasteiger partial charge in [-0.2, -0.15) is 0 Å². The van der Waals surface area contributed by atoms with Crippen molar-refractivity contribution in [2.24, 2.45) is 11.3 Å². The highest BCUT2D eigenvalue weighted by molar-refractivity contribution is 4.86. The molecule has 0 bridgehead atoms. The molecule has 1 aliphatic carbocycles. The Morgan fingerprint density at radius 1 is 1.25 bits per heavy atom. The first-order valence-electron chi connectivity index (χ1n) is 5.72. The maximum absolute atomic E-state index is 2.39. The Morgan fingerprint density at radius 2 is 1.92 bits per heavy atom. The molecule has 1 saturated carbocycles. The minimum Gasteiger partial charge on any atom is -0.0651 e. The fraction of sp³-hybridized carbons (Fsp3) is 1.00. The second-order valence-corrected chi connectivity index (χ2v) is 4.76. The van der Waals surface area contributed by atoms with Gasteiger partial charge in [0.2, 0.25) is 0 Å². The summed E-state index contributed by atoms with van der Waals surface area (Å²) in [6.07, 6.45) is 10.3. The van der Waals surface area contributed by atoms with Gasteiger partial charge in [-0.1, -0.05) is 46.5 Å². The second-order valence-electron chi connectivity index (χ2n) is 4.76. The van der Waals surface area contributed by atoms with Crippen molar-refractivity contribution >= 4 is 0 Å². The van der Waals surface area contributed by atoms with Crippen LogP contribution in [0.2, 0.25) is 0 Å². The molecule has 1 unspecified atom stereocenters. The average Bonchev–Trinajstić information content (AvgIpc) is 2.03. The van der Waals surface area contributed by atoms with E-state index < -0.39 is 0 Å². The highest BCUT2D eigenvalue weighted by Crippen LogP contribution is 2.48. The van der Waals surface area contributed by atoms with Crippen molar-refractivity contribution in [3.8, 4) is 0 Å². The van der Waals surface area contributed by atoms with Crippen LogP contribution in [-0.2, 0) is 0 Å². The number of hydrogen-bond acceptors (Lipinski definition) is 0. The summed E-state index contributed by atoms with van der Waals surface area (Å²) in [7, 11) is 0. The first kappa shape index (κ1) is 10.1. The number of rotatable bonds is 5. The zero-order valence-electron chi connectivity index (χ0n) is 9.03. The summed E-state index contributed by atoms with van der Waals surface area (Å²) in [5.74, 6) is 0.953. The van der Waals surface area contributed by atoms with Gasteiger partial charge in [-0.25, -0.2) is 0 Å². The van der Waals surface area contributed by atoms with E-state index in [0.29, 0.717) is 0 Å². The highest BCUT2D eigenvalue weighted by atomic mass is 14.4. The van der Waals surface area contributed by atoms with E-state index in [2.05, 4.69) is 20.8 Å². The molecule has 1 fully saturated rings. The van der Waals surface area contributed by atoms with E-state index in [-0.39, 0.29) is 0 Å². The van der Waals surface area contributed by atoms with Gasteiger partial charge in [0.25, 0.3) is 0 Å². The first-order chi connectivity index (χ1) is 5.72. The summed E-state index contributed by atoms with van der Waals surface area (Å²) in [5.41, 5.74) is 0.795. The Balaban J connectivity index is 2.20. The minimum absolute atomic E-state index is 0.795. The third kappa shape index (κ3) is 2.24. The molecule has 0 N–H and O–H groups in total. The third-order valence-corrected chi connectivity index (χ3v) is 4.03. The van der Waals surface area contributed by atoms with Crippen molar-refractivity contribution in [3.05, 3.63) is 0 Å². The van der Waals surface area contributed by atoms with Gasteiger partial charge in [-0.3, -0.25) is 0 Å². The molecule has 0 aromatic heterocycles. The molecule has 0 nitrogen and oxygen atoms in total. The largest absolute Gasteiger partial charge is 0.0651 e. The molecule has 1 atom stereocenters. The van der Waals surface area contributed by atoms with Crippen LogP contribution in [0.15, 0.2) is 0 Å². The van der Waals surface area contributed by atoms with Crippen LogP contribution in [0.5, 0.6) is 0 Å². The molecule has 0 amide bonds. The summed E-state index contributed by atoms with van der Waals surface area (Å²) in [6.45, 7) is 7.07. The van der Waals surface area contributed by atoms with Gasteiger partial charge >= 0.3 is 0 Å². The van der Waals surface area contributed by atoms with Crippen LogP contribution in [0.4, 0.5) is 0 Å². The molecule has 0 saturated heterocycles. The highest BCUT2D eigenvalue weighted by Gasteiger charge is 2.34. The van der Waals surface area contributed by atoms with Crippen molar-refractivity contribution in [2.75, 3.05) is 0 Å². The van der Waals surface area contributed by atoms with E-state index in [1.807, 2.05) is 0 Å². The SMILES string of the molecule is CCC(C)CCC1(CC)CCC1. The van der Waals surface area contributed by atoms with Crippen LogP contribution in [0, 0.1) is 11.3 Å². The van der Waals surface area contributed by atoms with Crippen LogP contribution in [-0.4, -0.2) is 0 Å². The summed E-state index contributed by atoms with van der Waals surface area (Å²) in [5, 5.41) is 0. The van der Waals surface area contributed by atoms with E-state index >= 15 is 0 Å². The van der Waals surface area contributed by atoms with Gasteiger partial charge in [0.15, 0.2) is 0 Å². The molecular weight excluding hydrogens is 144 g/mol. The maximum atomic E-state index is 2.39. The molecule has 0 heterocycles. The molecule has 0 heteroatoms. The fourth-order valence-electron chi connectivity index (χ4n) is 2.21. The van der Waals surface area contributed by atoms with Gasteiger partial charge in [-0.05, 0) is 30.6 Å². The Labute approximate surface area is 77.7 Å². The lowest BCUT2D eigenvalue weighted by atomic mass is 9.64. The molecule has 0 radical (unpaired) electrons. The molecule has 0 aliphatic heterocycles. The molecule has 0 aromatic rings. The van der Waals surface area contributed by atoms with E-state index in [1.165, 1.54) is 44.9 Å². The lowest BCUT2D eigenvalue weighted by molar-refractivity contribution is 0.103. The fourth-order valence-corrected chi connectivity index (χ4v) is 2.21. The maximum Gasteiger partial charge on any atom is -0.0300 e. The minimum atomic E-state index is 0.795. The van der Waals surface area contributed by atoms with Crippen LogP contribution in [0.3, 0.4) is 0 Å². The molecule has 72 valence electrons. The van der Waals surface area contributed by atoms with E-state index in [4.69, 9.17) is 0 Å². The predicted octanol–water partition coefficient (Wildman–Crippen LogP) is 4.39. The molecule has 1 rings (SSSR count). The summed E-state index contributed by atoms with van der Waals surface area (Å²) < 4.78 is 0. The lowest BCUT2D eigenvalue weighted by Gasteiger charge is -2.42. The zero-order valence-corrected chi connectivity index (χ0v) is 9.03. The monoisotopic (exact) mass is 168 g/mol. The van der Waals surface area contributed by atoms with E-state index in [0.717, 1.165) is 11.3 Å². The zero-order chi connectivity index (χ0) is 9.03. The van der Waals surface area contributed by atoms with Gasteiger partial charge in [-0.15, -0.1) is 0 Å². The Kier molecular flexibility index (Phi) is 3.61. The Hall–Kier alpha value is 0. The summed E-state index contributed by atoms with van der Waals surface area (Å²) >= 11 is 0. The molecule has 12 heavy (non-hydrogen) atoms. The summed E-state index contributed by atoms with van der Waals surface area (Å²) in [6, 6.07) is 0. The van der Waals surface area contributed by atoms with Gasteiger partial charge in [0.05, 0.1) is 0 Å². The predicted molar refractivity (Wildman–Crippen MR) is 55.3 cm³/mol. The van der Waals surface area contributed by atoms with Gasteiger partial charge in [0.1, 0.15) is 0 Å². The smallest absolute Gasteiger partial charge is 0.0300 e. The van der Waals surface area contributed by atoms with Crippen molar-refractivity contribution in [1.82, 2.24) is 0 Å². The Morgan fingerprint density at radius 3 is 2.25 bits per heavy atom.